The van der Waals surface area contributed by atoms with Crippen LogP contribution in [-0.4, -0.2) is 34.7 Å². The zero-order valence-corrected chi connectivity index (χ0v) is 12.4. The molecule has 0 aliphatic rings. The number of carbonyl (C=O) groups is 1. The summed E-state index contributed by atoms with van der Waals surface area (Å²) in [5.41, 5.74) is -0.0791. The van der Waals surface area contributed by atoms with Crippen LogP contribution in [0.25, 0.3) is 0 Å². The summed E-state index contributed by atoms with van der Waals surface area (Å²) in [6, 6.07) is 8.56. The molecule has 0 bridgehead atoms. The number of aromatic carboxylic acids is 1. The van der Waals surface area contributed by atoms with Crippen LogP contribution in [0.3, 0.4) is 0 Å². The lowest BCUT2D eigenvalue weighted by molar-refractivity contribution is 0.0689. The number of carboxylic acid groups (broad SMARTS) is 1. The normalized spacial score (nSPS) is 10.1. The van der Waals surface area contributed by atoms with Gasteiger partial charge >= 0.3 is 5.97 Å². The second-order valence-electron chi connectivity index (χ2n) is 4.33. The molecule has 1 aromatic carbocycles. The van der Waals surface area contributed by atoms with Crippen LogP contribution in [0.2, 0.25) is 0 Å². The van der Waals surface area contributed by atoms with Gasteiger partial charge in [-0.05, 0) is 19.1 Å². The van der Waals surface area contributed by atoms with Gasteiger partial charge in [0.1, 0.15) is 12.4 Å². The number of nitrogens with one attached hydrogen (secondary N) is 1. The number of ether oxygens (including phenoxy) is 2. The van der Waals surface area contributed by atoms with E-state index >= 15 is 0 Å². The number of anilines is 1. The fraction of sp³-hybridized carbons (Fsp3) is 0.267. The van der Waals surface area contributed by atoms with Crippen molar-refractivity contribution in [3.8, 4) is 11.5 Å². The Morgan fingerprint density at radius 3 is 2.64 bits per heavy atom. The molecule has 0 unspecified atom stereocenters. The van der Waals surface area contributed by atoms with Crippen molar-refractivity contribution in [3.63, 3.8) is 0 Å². The summed E-state index contributed by atoms with van der Waals surface area (Å²) in [7, 11) is 1.55. The molecule has 7 heteroatoms. The highest BCUT2D eigenvalue weighted by atomic mass is 16.5. The largest absolute Gasteiger partial charge is 0.493 e. The summed E-state index contributed by atoms with van der Waals surface area (Å²) in [5, 5.41) is 12.1. The van der Waals surface area contributed by atoms with Crippen molar-refractivity contribution in [2.75, 3.05) is 19.0 Å². The highest BCUT2D eigenvalue weighted by molar-refractivity contribution is 5.86. The van der Waals surface area contributed by atoms with Crippen LogP contribution >= 0.6 is 0 Å². The minimum absolute atomic E-state index is 0.0416. The third kappa shape index (κ3) is 3.85. The third-order valence-electron chi connectivity index (χ3n) is 2.78. The van der Waals surface area contributed by atoms with Gasteiger partial charge in [-0.1, -0.05) is 12.1 Å². The summed E-state index contributed by atoms with van der Waals surface area (Å²) in [5.74, 6) is 0.749. The first kappa shape index (κ1) is 15.6. The van der Waals surface area contributed by atoms with Gasteiger partial charge in [-0.15, -0.1) is 0 Å². The molecular weight excluding hydrogens is 286 g/mol. The molecule has 1 heterocycles. The SMILES string of the molecule is CCNc1cc(C(=O)O)nc(COc2ccccc2OC)n1. The average Bonchev–Trinajstić information content (AvgIpc) is 2.53. The maximum Gasteiger partial charge on any atom is 0.354 e. The maximum atomic E-state index is 11.1. The Bertz CT molecular complexity index is 661. The van der Waals surface area contributed by atoms with Crippen molar-refractivity contribution in [2.24, 2.45) is 0 Å². The van der Waals surface area contributed by atoms with Crippen molar-refractivity contribution < 1.29 is 19.4 Å². The minimum atomic E-state index is -1.11. The molecule has 0 radical (unpaired) electrons. The molecule has 116 valence electrons. The first-order valence-corrected chi connectivity index (χ1v) is 6.75. The summed E-state index contributed by atoms with van der Waals surface area (Å²) in [6.07, 6.45) is 0. The van der Waals surface area contributed by atoms with E-state index in [1.807, 2.05) is 19.1 Å². The van der Waals surface area contributed by atoms with Crippen LogP contribution in [0.5, 0.6) is 11.5 Å². The first-order valence-electron chi connectivity index (χ1n) is 6.75. The molecule has 0 atom stereocenters. The summed E-state index contributed by atoms with van der Waals surface area (Å²) in [6.45, 7) is 2.57. The number of aromatic nitrogens is 2. The number of nitrogens with zero attached hydrogens (tertiary/aromatic N) is 2. The van der Waals surface area contributed by atoms with Gasteiger partial charge in [-0.25, -0.2) is 14.8 Å². The fourth-order valence-electron chi connectivity index (χ4n) is 1.82. The average molecular weight is 303 g/mol. The van der Waals surface area contributed by atoms with Gasteiger partial charge in [0.05, 0.1) is 7.11 Å². The standard InChI is InChI=1S/C15H17N3O4/c1-3-16-13-8-10(15(19)20)17-14(18-13)9-22-12-7-5-4-6-11(12)21-2/h4-8H,3,9H2,1-2H3,(H,19,20)(H,16,17,18). The van der Waals surface area contributed by atoms with E-state index in [1.165, 1.54) is 6.07 Å². The molecule has 0 amide bonds. The Kier molecular flexibility index (Phi) is 5.13. The van der Waals surface area contributed by atoms with E-state index in [-0.39, 0.29) is 18.1 Å². The second-order valence-corrected chi connectivity index (χ2v) is 4.33. The van der Waals surface area contributed by atoms with Crippen LogP contribution in [0, 0.1) is 0 Å². The van der Waals surface area contributed by atoms with E-state index in [4.69, 9.17) is 14.6 Å². The minimum Gasteiger partial charge on any atom is -0.493 e. The number of carboxylic acids is 1. The molecule has 2 N–H and O–H groups in total. The molecule has 0 saturated heterocycles. The molecule has 0 aliphatic carbocycles. The number of rotatable bonds is 7. The van der Waals surface area contributed by atoms with Crippen molar-refractivity contribution >= 4 is 11.8 Å². The number of hydrogen-bond donors (Lipinski definition) is 2. The number of para-hydroxylation sites is 2. The van der Waals surface area contributed by atoms with E-state index < -0.39 is 5.97 Å². The van der Waals surface area contributed by atoms with Gasteiger partial charge < -0.3 is 19.9 Å². The first-order chi connectivity index (χ1) is 10.6. The molecule has 0 spiro atoms. The number of benzene rings is 1. The summed E-state index contributed by atoms with van der Waals surface area (Å²) in [4.78, 5) is 19.3. The van der Waals surface area contributed by atoms with Gasteiger partial charge in [-0.3, -0.25) is 0 Å². The van der Waals surface area contributed by atoms with E-state index in [9.17, 15) is 4.79 Å². The molecule has 2 rings (SSSR count). The molecule has 0 aliphatic heterocycles. The van der Waals surface area contributed by atoms with Gasteiger partial charge in [0.15, 0.2) is 23.0 Å². The predicted molar refractivity (Wildman–Crippen MR) is 80.5 cm³/mol. The highest BCUT2D eigenvalue weighted by Crippen LogP contribution is 2.26. The van der Waals surface area contributed by atoms with Gasteiger partial charge in [0.2, 0.25) is 0 Å². The number of hydrogen-bond acceptors (Lipinski definition) is 6. The van der Waals surface area contributed by atoms with Crippen molar-refractivity contribution in [1.82, 2.24) is 9.97 Å². The monoisotopic (exact) mass is 303 g/mol. The fourth-order valence-corrected chi connectivity index (χ4v) is 1.82. The zero-order valence-electron chi connectivity index (χ0n) is 12.4. The Balaban J connectivity index is 2.19. The van der Waals surface area contributed by atoms with Crippen LogP contribution < -0.4 is 14.8 Å². The Hall–Kier alpha value is -2.83. The smallest absolute Gasteiger partial charge is 0.354 e. The predicted octanol–water partition coefficient (Wildman–Crippen LogP) is 2.19. The maximum absolute atomic E-state index is 11.1. The van der Waals surface area contributed by atoms with Crippen LogP contribution in [0.15, 0.2) is 30.3 Å². The van der Waals surface area contributed by atoms with E-state index in [1.54, 1.807) is 19.2 Å². The van der Waals surface area contributed by atoms with Gasteiger partial charge in [-0.2, -0.15) is 0 Å². The van der Waals surface area contributed by atoms with E-state index in [2.05, 4.69) is 15.3 Å². The Morgan fingerprint density at radius 1 is 1.27 bits per heavy atom. The Labute approximate surface area is 127 Å². The van der Waals surface area contributed by atoms with Crippen LogP contribution in [0.1, 0.15) is 23.2 Å². The third-order valence-corrected chi connectivity index (χ3v) is 2.78. The molecular formula is C15H17N3O4. The topological polar surface area (TPSA) is 93.6 Å². The molecule has 7 nitrogen and oxygen atoms in total. The number of methoxy groups -OCH3 is 1. The lowest BCUT2D eigenvalue weighted by Gasteiger charge is -2.11. The quantitative estimate of drug-likeness (QED) is 0.809. The highest BCUT2D eigenvalue weighted by Gasteiger charge is 2.11. The van der Waals surface area contributed by atoms with Crippen molar-refractivity contribution in [1.29, 1.82) is 0 Å². The summed E-state index contributed by atoms with van der Waals surface area (Å²) < 4.78 is 10.8. The van der Waals surface area contributed by atoms with Gasteiger partial charge in [0, 0.05) is 12.6 Å². The van der Waals surface area contributed by atoms with Gasteiger partial charge in [0.25, 0.3) is 0 Å². The van der Waals surface area contributed by atoms with Crippen LogP contribution in [-0.2, 0) is 6.61 Å². The molecule has 1 aromatic heterocycles. The van der Waals surface area contributed by atoms with Crippen molar-refractivity contribution in [3.05, 3.63) is 41.9 Å². The molecule has 2 aromatic rings. The van der Waals surface area contributed by atoms with Crippen molar-refractivity contribution in [2.45, 2.75) is 13.5 Å². The second kappa shape index (κ2) is 7.26. The molecule has 0 fully saturated rings. The lowest BCUT2D eigenvalue weighted by Crippen LogP contribution is -2.11. The summed E-state index contributed by atoms with van der Waals surface area (Å²) >= 11 is 0. The molecule has 0 saturated carbocycles. The molecule has 22 heavy (non-hydrogen) atoms. The van der Waals surface area contributed by atoms with Crippen LogP contribution in [0.4, 0.5) is 5.82 Å². The lowest BCUT2D eigenvalue weighted by atomic mass is 10.3. The van der Waals surface area contributed by atoms with E-state index in [0.717, 1.165) is 0 Å². The van der Waals surface area contributed by atoms with E-state index in [0.29, 0.717) is 23.9 Å². The zero-order chi connectivity index (χ0) is 15.9. The Morgan fingerprint density at radius 2 is 2.00 bits per heavy atom.